The van der Waals surface area contributed by atoms with E-state index in [1.165, 1.54) is 18.3 Å². The van der Waals surface area contributed by atoms with E-state index in [9.17, 15) is 4.79 Å². The number of carbonyl (C=O) groups is 1. The van der Waals surface area contributed by atoms with Crippen LogP contribution in [0.15, 0.2) is 12.1 Å². The van der Waals surface area contributed by atoms with Crippen molar-refractivity contribution in [2.45, 2.75) is 6.92 Å². The zero-order valence-corrected chi connectivity index (χ0v) is 8.26. The van der Waals surface area contributed by atoms with E-state index >= 15 is 0 Å². The van der Waals surface area contributed by atoms with Crippen LogP contribution in [0.25, 0.3) is 10.6 Å². The first-order valence-electron chi connectivity index (χ1n) is 3.96. The summed E-state index contributed by atoms with van der Waals surface area (Å²) in [6.07, 6.45) is 0. The van der Waals surface area contributed by atoms with Crippen molar-refractivity contribution in [3.8, 4) is 10.6 Å². The number of nitrogens with zero attached hydrogens (tertiary/aromatic N) is 2. The highest BCUT2D eigenvalue weighted by Crippen LogP contribution is 2.29. The van der Waals surface area contributed by atoms with Crippen LogP contribution in [0.4, 0.5) is 5.00 Å². The van der Waals surface area contributed by atoms with Gasteiger partial charge >= 0.3 is 0 Å². The van der Waals surface area contributed by atoms with E-state index in [4.69, 9.17) is 5.73 Å². The molecule has 14 heavy (non-hydrogen) atoms. The molecular formula is C8H8N4OS. The van der Waals surface area contributed by atoms with Crippen molar-refractivity contribution >= 4 is 22.1 Å². The highest BCUT2D eigenvalue weighted by Gasteiger charge is 2.15. The lowest BCUT2D eigenvalue weighted by Gasteiger charge is -1.91. The SMILES string of the molecule is CC(=O)c1n[nH]nc1-c1ccc(N)s1. The summed E-state index contributed by atoms with van der Waals surface area (Å²) < 4.78 is 0. The molecule has 0 aliphatic heterocycles. The molecule has 2 aromatic rings. The molecule has 0 aliphatic carbocycles. The van der Waals surface area contributed by atoms with Crippen LogP contribution in [0, 0.1) is 0 Å². The molecule has 0 aliphatic rings. The normalized spacial score (nSPS) is 10.4. The lowest BCUT2D eigenvalue weighted by Crippen LogP contribution is -1.94. The molecule has 0 unspecified atom stereocenters. The fraction of sp³-hybridized carbons (Fsp3) is 0.125. The molecule has 0 radical (unpaired) electrons. The van der Waals surface area contributed by atoms with Gasteiger partial charge in [-0.3, -0.25) is 4.79 Å². The molecule has 72 valence electrons. The van der Waals surface area contributed by atoms with Crippen molar-refractivity contribution in [3.05, 3.63) is 17.8 Å². The summed E-state index contributed by atoms with van der Waals surface area (Å²) in [5, 5.41) is 10.8. The highest BCUT2D eigenvalue weighted by molar-refractivity contribution is 7.19. The smallest absolute Gasteiger partial charge is 0.182 e. The van der Waals surface area contributed by atoms with Gasteiger partial charge in [-0.15, -0.1) is 11.3 Å². The maximum absolute atomic E-state index is 11.2. The number of carbonyl (C=O) groups excluding carboxylic acids is 1. The molecule has 0 aromatic carbocycles. The second-order valence-electron chi connectivity index (χ2n) is 2.78. The van der Waals surface area contributed by atoms with Gasteiger partial charge in [-0.1, -0.05) is 0 Å². The highest BCUT2D eigenvalue weighted by atomic mass is 32.1. The van der Waals surface area contributed by atoms with Gasteiger partial charge in [0.25, 0.3) is 0 Å². The van der Waals surface area contributed by atoms with E-state index in [0.29, 0.717) is 16.4 Å². The Labute approximate surface area is 83.9 Å². The summed E-state index contributed by atoms with van der Waals surface area (Å²) in [6, 6.07) is 3.60. The number of nitrogens with one attached hydrogen (secondary N) is 1. The molecule has 2 aromatic heterocycles. The number of rotatable bonds is 2. The first-order chi connectivity index (χ1) is 6.68. The monoisotopic (exact) mass is 208 g/mol. The average molecular weight is 208 g/mol. The maximum atomic E-state index is 11.2. The standard InChI is InChI=1S/C8H8N4OS/c1-4(13)7-8(11-12-10-7)5-2-3-6(9)14-5/h2-3H,9H2,1H3,(H,10,11,12). The molecule has 0 spiro atoms. The van der Waals surface area contributed by atoms with Crippen LogP contribution in [0.5, 0.6) is 0 Å². The Morgan fingerprint density at radius 3 is 2.86 bits per heavy atom. The fourth-order valence-corrected chi connectivity index (χ4v) is 1.89. The summed E-state index contributed by atoms with van der Waals surface area (Å²) in [5.41, 5.74) is 6.51. The van der Waals surface area contributed by atoms with Gasteiger partial charge in [-0.05, 0) is 12.1 Å². The Morgan fingerprint density at radius 1 is 1.50 bits per heavy atom. The van der Waals surface area contributed by atoms with Crippen LogP contribution in [0.1, 0.15) is 17.4 Å². The predicted molar refractivity (Wildman–Crippen MR) is 54.1 cm³/mol. The Morgan fingerprint density at radius 2 is 2.29 bits per heavy atom. The Hall–Kier alpha value is -1.69. The molecule has 0 amide bonds. The van der Waals surface area contributed by atoms with Crippen molar-refractivity contribution in [1.29, 1.82) is 0 Å². The number of Topliss-reactive ketones (excluding diaryl/α,β-unsaturated/α-hetero) is 1. The minimum atomic E-state index is -0.110. The minimum Gasteiger partial charge on any atom is -0.391 e. The van der Waals surface area contributed by atoms with E-state index in [0.717, 1.165) is 4.88 Å². The van der Waals surface area contributed by atoms with Gasteiger partial charge in [-0.2, -0.15) is 15.4 Å². The minimum absolute atomic E-state index is 0.110. The molecule has 6 heteroatoms. The van der Waals surface area contributed by atoms with Crippen LogP contribution in [0.2, 0.25) is 0 Å². The number of thiophene rings is 1. The largest absolute Gasteiger partial charge is 0.391 e. The Balaban J connectivity index is 2.51. The van der Waals surface area contributed by atoms with Gasteiger partial charge in [0, 0.05) is 6.92 Å². The van der Waals surface area contributed by atoms with Crippen LogP contribution in [0.3, 0.4) is 0 Å². The summed E-state index contributed by atoms with van der Waals surface area (Å²) >= 11 is 1.38. The van der Waals surface area contributed by atoms with Crippen molar-refractivity contribution in [1.82, 2.24) is 15.4 Å². The van der Waals surface area contributed by atoms with Gasteiger partial charge in [0.1, 0.15) is 5.69 Å². The van der Waals surface area contributed by atoms with E-state index in [1.54, 1.807) is 6.07 Å². The summed E-state index contributed by atoms with van der Waals surface area (Å²) in [4.78, 5) is 12.0. The van der Waals surface area contributed by atoms with Crippen molar-refractivity contribution < 1.29 is 4.79 Å². The number of aromatic nitrogens is 3. The number of anilines is 1. The van der Waals surface area contributed by atoms with E-state index in [1.807, 2.05) is 6.07 Å². The number of aromatic amines is 1. The second-order valence-corrected chi connectivity index (χ2v) is 3.89. The van der Waals surface area contributed by atoms with Gasteiger partial charge in [0.15, 0.2) is 11.5 Å². The third kappa shape index (κ3) is 1.39. The topological polar surface area (TPSA) is 84.7 Å². The fourth-order valence-electron chi connectivity index (χ4n) is 1.13. The first kappa shape index (κ1) is 8.89. The molecule has 2 heterocycles. The van der Waals surface area contributed by atoms with Crippen molar-refractivity contribution in [2.24, 2.45) is 0 Å². The Kier molecular flexibility index (Phi) is 2.05. The molecule has 0 bridgehead atoms. The average Bonchev–Trinajstić information content (AvgIpc) is 2.70. The van der Waals surface area contributed by atoms with Crippen LogP contribution < -0.4 is 5.73 Å². The van der Waals surface area contributed by atoms with E-state index in [-0.39, 0.29) is 5.78 Å². The van der Waals surface area contributed by atoms with Gasteiger partial charge in [0.2, 0.25) is 0 Å². The molecule has 2 rings (SSSR count). The third-order valence-corrected chi connectivity index (χ3v) is 2.66. The van der Waals surface area contributed by atoms with E-state index in [2.05, 4.69) is 15.4 Å². The molecule has 0 saturated carbocycles. The quantitative estimate of drug-likeness (QED) is 0.729. The third-order valence-electron chi connectivity index (χ3n) is 1.74. The summed E-state index contributed by atoms with van der Waals surface area (Å²) in [6.45, 7) is 1.46. The zero-order chi connectivity index (χ0) is 10.1. The molecule has 0 saturated heterocycles. The van der Waals surface area contributed by atoms with Crippen LogP contribution in [-0.2, 0) is 0 Å². The Bertz CT molecular complexity index is 473. The lowest BCUT2D eigenvalue weighted by atomic mass is 10.2. The van der Waals surface area contributed by atoms with Gasteiger partial charge < -0.3 is 5.73 Å². The summed E-state index contributed by atoms with van der Waals surface area (Å²) in [7, 11) is 0. The molecule has 3 N–H and O–H groups in total. The van der Waals surface area contributed by atoms with E-state index < -0.39 is 0 Å². The van der Waals surface area contributed by atoms with Crippen molar-refractivity contribution in [3.63, 3.8) is 0 Å². The molecule has 5 nitrogen and oxygen atoms in total. The van der Waals surface area contributed by atoms with Crippen LogP contribution in [-0.4, -0.2) is 21.2 Å². The zero-order valence-electron chi connectivity index (χ0n) is 7.44. The summed E-state index contributed by atoms with van der Waals surface area (Å²) in [5.74, 6) is -0.110. The number of nitrogen functional groups attached to an aromatic ring is 1. The first-order valence-corrected chi connectivity index (χ1v) is 4.77. The van der Waals surface area contributed by atoms with Crippen LogP contribution >= 0.6 is 11.3 Å². The van der Waals surface area contributed by atoms with Gasteiger partial charge in [-0.25, -0.2) is 0 Å². The number of ketones is 1. The molecular weight excluding hydrogens is 200 g/mol. The number of nitrogens with two attached hydrogens (primary N) is 1. The second kappa shape index (κ2) is 3.22. The number of hydrogen-bond acceptors (Lipinski definition) is 5. The molecule has 0 fully saturated rings. The number of hydrogen-bond donors (Lipinski definition) is 2. The van der Waals surface area contributed by atoms with Crippen molar-refractivity contribution in [2.75, 3.05) is 5.73 Å². The van der Waals surface area contributed by atoms with Gasteiger partial charge in [0.05, 0.1) is 9.88 Å². The predicted octanol–water partition coefficient (Wildman–Crippen LogP) is 1.32. The number of H-pyrrole nitrogens is 1. The molecule has 0 atom stereocenters. The maximum Gasteiger partial charge on any atom is 0.182 e. The lowest BCUT2D eigenvalue weighted by molar-refractivity contribution is 0.101.